The van der Waals surface area contributed by atoms with Crippen LogP contribution in [-0.4, -0.2) is 55.8 Å². The maximum absolute atomic E-state index is 13.6. The van der Waals surface area contributed by atoms with Crippen molar-refractivity contribution in [1.82, 2.24) is 9.80 Å². The number of hydrogen-bond donors (Lipinski definition) is 0. The van der Waals surface area contributed by atoms with Gasteiger partial charge in [0, 0.05) is 61.8 Å². The predicted octanol–water partition coefficient (Wildman–Crippen LogP) is 6.60. The smallest absolute Gasteiger partial charge is 0.333 e. The van der Waals surface area contributed by atoms with E-state index in [-0.39, 0.29) is 16.4 Å². The zero-order chi connectivity index (χ0) is 31.7. The minimum Gasteiger partial charge on any atom is -0.347 e. The summed E-state index contributed by atoms with van der Waals surface area (Å²) in [4.78, 5) is 46.3. The molecule has 2 fully saturated rings. The number of para-hydroxylation sites is 2. The standard InChI is InChI=1S/C37H40N4O3/c1-36(2)25-13-9-11-15-27(25)38(5)29(36)21-19-23-17-18-24(31(23)32-33(42)40(7)35(44)41(8)34(32)43)20-22-30-37(3,4)26-14-10-12-16-28(26)39(30)6/h9-16,19-22H,17-18H2,1-8H3/b23-19-,24-20+,29-21+,30-22+. The molecule has 2 aromatic rings. The Morgan fingerprint density at radius 2 is 0.932 bits per heavy atom. The number of anilines is 2. The molecule has 1 saturated heterocycles. The normalized spacial score (nSPS) is 24.6. The molecule has 0 bridgehead atoms. The third-order valence-electron chi connectivity index (χ3n) is 9.93. The van der Waals surface area contributed by atoms with Crippen LogP contribution in [0, 0.1) is 0 Å². The Morgan fingerprint density at radius 1 is 0.545 bits per heavy atom. The van der Waals surface area contributed by atoms with E-state index in [1.165, 1.54) is 36.6 Å². The zero-order valence-electron chi connectivity index (χ0n) is 26.9. The van der Waals surface area contributed by atoms with E-state index in [2.05, 4.69) is 112 Å². The molecule has 2 aromatic carbocycles. The van der Waals surface area contributed by atoms with Gasteiger partial charge in [-0.2, -0.15) is 0 Å². The summed E-state index contributed by atoms with van der Waals surface area (Å²) in [6, 6.07) is 16.2. The summed E-state index contributed by atoms with van der Waals surface area (Å²) in [6.45, 7) is 8.86. The fraction of sp³-hybridized carbons (Fsp3) is 0.324. The number of rotatable bonds is 2. The van der Waals surface area contributed by atoms with Crippen LogP contribution in [0.2, 0.25) is 0 Å². The molecule has 0 atom stereocenters. The Morgan fingerprint density at radius 3 is 1.32 bits per heavy atom. The van der Waals surface area contributed by atoms with Gasteiger partial charge < -0.3 is 9.80 Å². The van der Waals surface area contributed by atoms with Crippen molar-refractivity contribution in [2.24, 2.45) is 0 Å². The van der Waals surface area contributed by atoms with Crippen molar-refractivity contribution >= 4 is 29.2 Å². The molecule has 226 valence electrons. The molecule has 3 heterocycles. The summed E-state index contributed by atoms with van der Waals surface area (Å²) < 4.78 is 0. The summed E-state index contributed by atoms with van der Waals surface area (Å²) in [5.41, 5.74) is 9.20. The van der Waals surface area contributed by atoms with Crippen molar-refractivity contribution in [3.63, 3.8) is 0 Å². The Kier molecular flexibility index (Phi) is 6.83. The van der Waals surface area contributed by atoms with Crippen LogP contribution in [0.5, 0.6) is 0 Å². The minimum atomic E-state index is -0.623. The van der Waals surface area contributed by atoms with E-state index in [9.17, 15) is 14.4 Å². The molecule has 7 nitrogen and oxygen atoms in total. The third kappa shape index (κ3) is 4.20. The van der Waals surface area contributed by atoms with Crippen molar-refractivity contribution in [2.45, 2.75) is 51.4 Å². The highest BCUT2D eigenvalue weighted by Crippen LogP contribution is 2.49. The van der Waals surface area contributed by atoms with Crippen LogP contribution in [-0.2, 0) is 20.4 Å². The van der Waals surface area contributed by atoms with E-state index in [1.54, 1.807) is 0 Å². The molecule has 0 N–H and O–H groups in total. The first kappa shape index (κ1) is 29.4. The van der Waals surface area contributed by atoms with Crippen molar-refractivity contribution in [3.8, 4) is 0 Å². The van der Waals surface area contributed by atoms with Crippen molar-refractivity contribution in [1.29, 1.82) is 0 Å². The van der Waals surface area contributed by atoms with Gasteiger partial charge in [0.2, 0.25) is 0 Å². The maximum Gasteiger partial charge on any atom is 0.333 e. The Bertz CT molecular complexity index is 1660. The van der Waals surface area contributed by atoms with E-state index < -0.39 is 17.8 Å². The lowest BCUT2D eigenvalue weighted by Crippen LogP contribution is -2.53. The van der Waals surface area contributed by atoms with Gasteiger partial charge in [-0.05, 0) is 65.0 Å². The summed E-state index contributed by atoms with van der Waals surface area (Å²) >= 11 is 0. The summed E-state index contributed by atoms with van der Waals surface area (Å²) in [5.74, 6) is -1.13. The van der Waals surface area contributed by atoms with Gasteiger partial charge in [-0.15, -0.1) is 0 Å². The number of benzene rings is 2. The number of fused-ring (bicyclic) bond motifs is 2. The molecule has 44 heavy (non-hydrogen) atoms. The van der Waals surface area contributed by atoms with Crippen molar-refractivity contribution in [2.75, 3.05) is 38.0 Å². The van der Waals surface area contributed by atoms with Gasteiger partial charge in [-0.3, -0.25) is 19.4 Å². The number of amides is 4. The second kappa shape index (κ2) is 10.2. The lowest BCUT2D eigenvalue weighted by atomic mass is 9.83. The highest BCUT2D eigenvalue weighted by atomic mass is 16.2. The third-order valence-corrected chi connectivity index (χ3v) is 9.93. The first-order chi connectivity index (χ1) is 20.8. The first-order valence-electron chi connectivity index (χ1n) is 15.1. The zero-order valence-corrected chi connectivity index (χ0v) is 26.9. The van der Waals surface area contributed by atoms with Crippen LogP contribution in [0.25, 0.3) is 0 Å². The molecule has 0 unspecified atom stereocenters. The van der Waals surface area contributed by atoms with Gasteiger partial charge in [0.1, 0.15) is 5.57 Å². The Hall–Kier alpha value is -4.65. The SMILES string of the molecule is CN1C(=O)C(=C2/C(=C\C=C3\N(C)c4ccccc4C3(C)C)CC/C2=C\C=C2\N(C)c3ccccc3C2(C)C)C(=O)N(C)C1=O. The Labute approximate surface area is 260 Å². The highest BCUT2D eigenvalue weighted by molar-refractivity contribution is 6.29. The minimum absolute atomic E-state index is 0.0473. The molecule has 0 spiro atoms. The number of hydrogen-bond acceptors (Lipinski definition) is 5. The fourth-order valence-electron chi connectivity index (χ4n) is 7.38. The number of nitrogens with zero attached hydrogens (tertiary/aromatic N) is 4. The van der Waals surface area contributed by atoms with Gasteiger partial charge in [0.05, 0.1) is 0 Å². The molecule has 3 aliphatic heterocycles. The molecule has 1 aliphatic carbocycles. The van der Waals surface area contributed by atoms with Crippen LogP contribution in [0.3, 0.4) is 0 Å². The van der Waals surface area contributed by atoms with Crippen LogP contribution in [0.4, 0.5) is 16.2 Å². The molecule has 1 saturated carbocycles. The summed E-state index contributed by atoms with van der Waals surface area (Å²) in [7, 11) is 7.01. The topological polar surface area (TPSA) is 64.2 Å². The molecular weight excluding hydrogens is 548 g/mol. The summed E-state index contributed by atoms with van der Waals surface area (Å²) in [6.07, 6.45) is 9.73. The number of imide groups is 2. The van der Waals surface area contributed by atoms with Crippen molar-refractivity contribution < 1.29 is 14.4 Å². The largest absolute Gasteiger partial charge is 0.347 e. The average molecular weight is 589 g/mol. The molecule has 7 heteroatoms. The van der Waals surface area contributed by atoms with Crippen molar-refractivity contribution in [3.05, 3.63) is 118 Å². The quantitative estimate of drug-likeness (QED) is 0.292. The second-order valence-corrected chi connectivity index (χ2v) is 13.2. The molecule has 4 amide bonds. The predicted molar refractivity (Wildman–Crippen MR) is 175 cm³/mol. The van der Waals surface area contributed by atoms with Gasteiger partial charge in [-0.1, -0.05) is 76.2 Å². The van der Waals surface area contributed by atoms with Crippen LogP contribution in [0.1, 0.15) is 51.7 Å². The van der Waals surface area contributed by atoms with E-state index in [1.807, 2.05) is 12.1 Å². The first-order valence-corrected chi connectivity index (χ1v) is 15.1. The fourth-order valence-corrected chi connectivity index (χ4v) is 7.38. The van der Waals surface area contributed by atoms with E-state index in [0.29, 0.717) is 18.4 Å². The van der Waals surface area contributed by atoms with Gasteiger partial charge in [0.15, 0.2) is 0 Å². The van der Waals surface area contributed by atoms with Gasteiger partial charge in [0.25, 0.3) is 11.8 Å². The molecule has 6 rings (SSSR count). The molecule has 0 aromatic heterocycles. The van der Waals surface area contributed by atoms with Crippen LogP contribution in [0.15, 0.2) is 107 Å². The number of carbonyl (C=O) groups is 3. The second-order valence-electron chi connectivity index (χ2n) is 13.2. The average Bonchev–Trinajstić information content (AvgIpc) is 3.55. The van der Waals surface area contributed by atoms with Gasteiger partial charge in [-0.25, -0.2) is 4.79 Å². The van der Waals surface area contributed by atoms with Crippen LogP contribution < -0.4 is 9.80 Å². The van der Waals surface area contributed by atoms with Crippen LogP contribution >= 0.6 is 0 Å². The van der Waals surface area contributed by atoms with E-state index in [4.69, 9.17) is 0 Å². The van der Waals surface area contributed by atoms with E-state index >= 15 is 0 Å². The molecule has 0 radical (unpaired) electrons. The van der Waals surface area contributed by atoms with Gasteiger partial charge >= 0.3 is 6.03 Å². The lowest BCUT2D eigenvalue weighted by Gasteiger charge is -2.30. The number of allylic oxidation sites excluding steroid dienone is 9. The Balaban J connectivity index is 1.49. The van der Waals surface area contributed by atoms with E-state index in [0.717, 1.165) is 32.3 Å². The monoisotopic (exact) mass is 588 g/mol. The number of urea groups is 1. The summed E-state index contributed by atoms with van der Waals surface area (Å²) in [5, 5.41) is 0. The maximum atomic E-state index is 13.6. The molecule has 4 aliphatic rings. The lowest BCUT2D eigenvalue weighted by molar-refractivity contribution is -0.134. The number of barbiturate groups is 1. The highest BCUT2D eigenvalue weighted by Gasteiger charge is 2.43. The molecular formula is C37H40N4O3. The number of likely N-dealkylation sites (N-methyl/N-ethyl adjacent to an activating group) is 4. The number of carbonyl (C=O) groups excluding carboxylic acids is 3.